The van der Waals surface area contributed by atoms with Gasteiger partial charge in [0.05, 0.1) is 25.4 Å². The molecular weight excluding hydrogens is 306 g/mol. The quantitative estimate of drug-likeness (QED) is 0.463. The van der Waals surface area contributed by atoms with Gasteiger partial charge in [0.1, 0.15) is 6.10 Å². The second-order valence-electron chi connectivity index (χ2n) is 6.67. The molecule has 1 saturated heterocycles. The number of hydrogen-bond donors (Lipinski definition) is 1. The highest BCUT2D eigenvalue weighted by molar-refractivity contribution is 4.95. The molecule has 0 spiro atoms. The number of likely N-dealkylation sites (tertiary alicyclic amines) is 1. The largest absolute Gasteiger partial charge is 0.395 e. The van der Waals surface area contributed by atoms with E-state index in [1.165, 1.54) is 0 Å². The lowest BCUT2D eigenvalue weighted by Crippen LogP contribution is -2.43. The summed E-state index contributed by atoms with van der Waals surface area (Å²) in [6.07, 6.45) is 6.78. The Balaban J connectivity index is 2.63. The van der Waals surface area contributed by atoms with Crippen LogP contribution in [0.2, 0.25) is 0 Å². The SMILES string of the molecule is CCCCOC[C@@H]1[C@@H](OCCCC)[C@H](OCCCC)CN1CCO. The molecule has 0 saturated carbocycles. The van der Waals surface area contributed by atoms with Crippen LogP contribution in [0.25, 0.3) is 0 Å². The molecule has 144 valence electrons. The zero-order chi connectivity index (χ0) is 17.6. The lowest BCUT2D eigenvalue weighted by atomic mass is 10.1. The highest BCUT2D eigenvalue weighted by Crippen LogP contribution is 2.25. The minimum Gasteiger partial charge on any atom is -0.395 e. The number of hydrogen-bond acceptors (Lipinski definition) is 5. The van der Waals surface area contributed by atoms with E-state index in [9.17, 15) is 5.11 Å². The summed E-state index contributed by atoms with van der Waals surface area (Å²) < 4.78 is 18.2. The Bertz CT molecular complexity index is 291. The van der Waals surface area contributed by atoms with E-state index < -0.39 is 0 Å². The van der Waals surface area contributed by atoms with Gasteiger partial charge in [-0.05, 0) is 19.3 Å². The van der Waals surface area contributed by atoms with E-state index in [4.69, 9.17) is 14.2 Å². The molecule has 0 aromatic carbocycles. The molecule has 0 amide bonds. The van der Waals surface area contributed by atoms with Gasteiger partial charge in [-0.15, -0.1) is 0 Å². The first-order valence-electron chi connectivity index (χ1n) is 9.94. The Labute approximate surface area is 148 Å². The van der Waals surface area contributed by atoms with Crippen molar-refractivity contribution in [3.05, 3.63) is 0 Å². The predicted molar refractivity (Wildman–Crippen MR) is 97.5 cm³/mol. The highest BCUT2D eigenvalue weighted by atomic mass is 16.5. The van der Waals surface area contributed by atoms with Gasteiger partial charge in [0.15, 0.2) is 0 Å². The number of aliphatic hydroxyl groups excluding tert-OH is 1. The van der Waals surface area contributed by atoms with Crippen LogP contribution in [0.1, 0.15) is 59.3 Å². The number of β-amino-alcohol motifs (C(OH)–C–C–N with tert-alkyl or cyclic N) is 1. The fourth-order valence-electron chi connectivity index (χ4n) is 3.07. The zero-order valence-electron chi connectivity index (χ0n) is 16.0. The second kappa shape index (κ2) is 14.0. The van der Waals surface area contributed by atoms with Gasteiger partial charge in [-0.1, -0.05) is 40.0 Å². The summed E-state index contributed by atoms with van der Waals surface area (Å²) in [5.41, 5.74) is 0. The second-order valence-corrected chi connectivity index (χ2v) is 6.67. The van der Waals surface area contributed by atoms with Gasteiger partial charge in [-0.3, -0.25) is 4.90 Å². The van der Waals surface area contributed by atoms with E-state index >= 15 is 0 Å². The lowest BCUT2D eigenvalue weighted by Gasteiger charge is -2.28. The van der Waals surface area contributed by atoms with Crippen molar-refractivity contribution >= 4 is 0 Å². The van der Waals surface area contributed by atoms with Crippen LogP contribution in [-0.4, -0.2) is 74.4 Å². The average molecular weight is 346 g/mol. The van der Waals surface area contributed by atoms with E-state index in [1.54, 1.807) is 0 Å². The Kier molecular flexibility index (Phi) is 12.8. The smallest absolute Gasteiger partial charge is 0.103 e. The van der Waals surface area contributed by atoms with Crippen molar-refractivity contribution in [1.29, 1.82) is 0 Å². The van der Waals surface area contributed by atoms with Crippen LogP contribution in [0.5, 0.6) is 0 Å². The van der Waals surface area contributed by atoms with Crippen LogP contribution in [0, 0.1) is 0 Å². The Morgan fingerprint density at radius 3 is 2.17 bits per heavy atom. The number of unbranched alkanes of at least 4 members (excludes halogenated alkanes) is 3. The van der Waals surface area contributed by atoms with Gasteiger partial charge in [0.2, 0.25) is 0 Å². The fraction of sp³-hybridized carbons (Fsp3) is 1.00. The van der Waals surface area contributed by atoms with Crippen molar-refractivity contribution in [2.24, 2.45) is 0 Å². The number of rotatable bonds is 15. The van der Waals surface area contributed by atoms with Crippen molar-refractivity contribution in [3.8, 4) is 0 Å². The minimum absolute atomic E-state index is 0.0431. The van der Waals surface area contributed by atoms with Crippen LogP contribution in [-0.2, 0) is 14.2 Å². The average Bonchev–Trinajstić information content (AvgIpc) is 2.90. The first-order chi connectivity index (χ1) is 11.8. The molecule has 1 fully saturated rings. The van der Waals surface area contributed by atoms with Gasteiger partial charge >= 0.3 is 0 Å². The molecule has 0 radical (unpaired) electrons. The van der Waals surface area contributed by atoms with E-state index in [0.717, 1.165) is 64.9 Å². The van der Waals surface area contributed by atoms with Crippen LogP contribution in [0.4, 0.5) is 0 Å². The zero-order valence-corrected chi connectivity index (χ0v) is 16.0. The summed E-state index contributed by atoms with van der Waals surface area (Å²) in [5.74, 6) is 0. The normalized spacial score (nSPS) is 24.8. The van der Waals surface area contributed by atoms with Gasteiger partial charge in [-0.25, -0.2) is 0 Å². The van der Waals surface area contributed by atoms with Crippen molar-refractivity contribution in [1.82, 2.24) is 4.90 Å². The number of nitrogens with zero attached hydrogens (tertiary/aromatic N) is 1. The molecule has 0 bridgehead atoms. The van der Waals surface area contributed by atoms with E-state index in [0.29, 0.717) is 13.2 Å². The maximum atomic E-state index is 9.39. The number of aliphatic hydroxyl groups is 1. The molecule has 5 heteroatoms. The molecule has 0 aromatic rings. The van der Waals surface area contributed by atoms with Crippen LogP contribution in [0.15, 0.2) is 0 Å². The van der Waals surface area contributed by atoms with Crippen LogP contribution >= 0.6 is 0 Å². The lowest BCUT2D eigenvalue weighted by molar-refractivity contribution is -0.0710. The molecule has 0 aromatic heterocycles. The molecule has 1 rings (SSSR count). The van der Waals surface area contributed by atoms with Crippen LogP contribution in [0.3, 0.4) is 0 Å². The Morgan fingerprint density at radius 1 is 0.917 bits per heavy atom. The summed E-state index contributed by atoms with van der Waals surface area (Å²) in [4.78, 5) is 2.28. The van der Waals surface area contributed by atoms with Crippen molar-refractivity contribution in [3.63, 3.8) is 0 Å². The fourth-order valence-corrected chi connectivity index (χ4v) is 3.07. The summed E-state index contributed by atoms with van der Waals surface area (Å²) in [6.45, 7) is 11.2. The minimum atomic E-state index is 0.0431. The number of ether oxygens (including phenoxy) is 3. The molecule has 24 heavy (non-hydrogen) atoms. The van der Waals surface area contributed by atoms with Gasteiger partial charge in [0, 0.05) is 32.9 Å². The third kappa shape index (κ3) is 7.79. The first-order valence-corrected chi connectivity index (χ1v) is 9.94. The maximum Gasteiger partial charge on any atom is 0.103 e. The first kappa shape index (κ1) is 21.8. The van der Waals surface area contributed by atoms with Gasteiger partial charge in [-0.2, -0.15) is 0 Å². The topological polar surface area (TPSA) is 51.2 Å². The Hall–Kier alpha value is -0.200. The molecule has 1 aliphatic heterocycles. The van der Waals surface area contributed by atoms with E-state index in [-0.39, 0.29) is 24.9 Å². The molecule has 0 unspecified atom stereocenters. The van der Waals surface area contributed by atoms with Crippen molar-refractivity contribution in [2.45, 2.75) is 77.5 Å². The van der Waals surface area contributed by atoms with Gasteiger partial charge < -0.3 is 19.3 Å². The summed E-state index contributed by atoms with van der Waals surface area (Å²) in [7, 11) is 0. The molecular formula is C19H39NO4. The molecule has 3 atom stereocenters. The standard InChI is InChI=1S/C19H39NO4/c1-4-7-12-22-16-17-19(24-14-9-6-3)18(23-13-8-5-2)15-20(17)10-11-21/h17-19,21H,4-16H2,1-3H3/t17-,18-,19-/m1/s1. The summed E-state index contributed by atoms with van der Waals surface area (Å²) >= 11 is 0. The summed E-state index contributed by atoms with van der Waals surface area (Å²) in [5, 5.41) is 9.39. The maximum absolute atomic E-state index is 9.39. The molecule has 1 aliphatic rings. The van der Waals surface area contributed by atoms with E-state index in [2.05, 4.69) is 25.7 Å². The molecule has 0 aliphatic carbocycles. The third-order valence-corrected chi connectivity index (χ3v) is 4.59. The molecule has 1 heterocycles. The highest BCUT2D eigenvalue weighted by Gasteiger charge is 2.42. The third-order valence-electron chi connectivity index (χ3n) is 4.59. The van der Waals surface area contributed by atoms with Crippen molar-refractivity contribution < 1.29 is 19.3 Å². The van der Waals surface area contributed by atoms with E-state index in [1.807, 2.05) is 0 Å². The van der Waals surface area contributed by atoms with Gasteiger partial charge in [0.25, 0.3) is 0 Å². The van der Waals surface area contributed by atoms with Crippen LogP contribution < -0.4 is 0 Å². The predicted octanol–water partition coefficient (Wildman–Crippen LogP) is 2.85. The Morgan fingerprint density at radius 2 is 1.54 bits per heavy atom. The monoisotopic (exact) mass is 345 g/mol. The molecule has 5 nitrogen and oxygen atoms in total. The summed E-state index contributed by atoms with van der Waals surface area (Å²) in [6, 6.07) is 0.178. The van der Waals surface area contributed by atoms with Crippen molar-refractivity contribution in [2.75, 3.05) is 46.1 Å². The molecule has 1 N–H and O–H groups in total.